The summed E-state index contributed by atoms with van der Waals surface area (Å²) in [7, 11) is 0. The third kappa shape index (κ3) is 2.22. The highest BCUT2D eigenvalue weighted by Crippen LogP contribution is 2.45. The van der Waals surface area contributed by atoms with E-state index in [1.807, 2.05) is 6.07 Å². The number of nitrogens with two attached hydrogens (primary N) is 2. The molecule has 1 aliphatic carbocycles. The van der Waals surface area contributed by atoms with Crippen LogP contribution in [0.5, 0.6) is 0 Å². The molecule has 1 unspecified atom stereocenters. The number of para-hydroxylation sites is 1. The Morgan fingerprint density at radius 3 is 2.33 bits per heavy atom. The highest BCUT2D eigenvalue weighted by molar-refractivity contribution is 5.69. The lowest BCUT2D eigenvalue weighted by Gasteiger charge is -2.17. The number of halogens is 3. The van der Waals surface area contributed by atoms with Crippen LogP contribution in [0.15, 0.2) is 36.4 Å². The fourth-order valence-corrected chi connectivity index (χ4v) is 3.15. The average molecular weight is 292 g/mol. The molecule has 0 heterocycles. The predicted molar refractivity (Wildman–Crippen MR) is 76.9 cm³/mol. The number of hydrogen-bond donors (Lipinski definition) is 2. The summed E-state index contributed by atoms with van der Waals surface area (Å²) < 4.78 is 39.2. The molecule has 2 aromatic rings. The lowest BCUT2D eigenvalue weighted by molar-refractivity contribution is -0.138. The Labute approximate surface area is 120 Å². The Bertz CT molecular complexity index is 692. The molecule has 110 valence electrons. The molecule has 2 nitrogen and oxygen atoms in total. The smallest absolute Gasteiger partial charge is 0.397 e. The second-order valence-electron chi connectivity index (χ2n) is 5.31. The van der Waals surface area contributed by atoms with E-state index in [1.54, 1.807) is 18.2 Å². The number of rotatable bonds is 1. The quantitative estimate of drug-likeness (QED) is 0.782. The van der Waals surface area contributed by atoms with Crippen LogP contribution in [0.3, 0.4) is 0 Å². The second kappa shape index (κ2) is 4.69. The Balaban J connectivity index is 2.12. The molecular formula is C16H15F3N2. The normalized spacial score (nSPS) is 17.8. The van der Waals surface area contributed by atoms with Gasteiger partial charge >= 0.3 is 6.18 Å². The summed E-state index contributed by atoms with van der Waals surface area (Å²) in [6.07, 6.45) is -3.29. The summed E-state index contributed by atoms with van der Waals surface area (Å²) in [6, 6.07) is 9.68. The van der Waals surface area contributed by atoms with Gasteiger partial charge in [-0.25, -0.2) is 0 Å². The zero-order valence-electron chi connectivity index (χ0n) is 11.2. The van der Waals surface area contributed by atoms with Crippen molar-refractivity contribution in [3.63, 3.8) is 0 Å². The van der Waals surface area contributed by atoms with E-state index < -0.39 is 11.7 Å². The summed E-state index contributed by atoms with van der Waals surface area (Å²) in [6.45, 7) is 0. The van der Waals surface area contributed by atoms with Gasteiger partial charge in [0.15, 0.2) is 0 Å². The van der Waals surface area contributed by atoms with Crippen LogP contribution in [0.2, 0.25) is 0 Å². The van der Waals surface area contributed by atoms with E-state index in [4.69, 9.17) is 11.5 Å². The van der Waals surface area contributed by atoms with Crippen LogP contribution in [-0.4, -0.2) is 0 Å². The molecule has 0 fully saturated rings. The van der Waals surface area contributed by atoms with Gasteiger partial charge in [-0.2, -0.15) is 13.2 Å². The first kappa shape index (κ1) is 13.8. The minimum Gasteiger partial charge on any atom is -0.397 e. The second-order valence-corrected chi connectivity index (χ2v) is 5.31. The summed E-state index contributed by atoms with van der Waals surface area (Å²) in [4.78, 5) is 0. The molecule has 1 aliphatic rings. The topological polar surface area (TPSA) is 52.0 Å². The van der Waals surface area contributed by atoms with Crippen LogP contribution in [-0.2, 0) is 12.6 Å². The molecule has 0 saturated heterocycles. The zero-order valence-corrected chi connectivity index (χ0v) is 11.2. The molecule has 0 amide bonds. The Morgan fingerprint density at radius 1 is 0.952 bits per heavy atom. The highest BCUT2D eigenvalue weighted by atomic mass is 19.4. The van der Waals surface area contributed by atoms with Crippen LogP contribution in [0.1, 0.15) is 34.6 Å². The molecule has 5 heteroatoms. The van der Waals surface area contributed by atoms with Gasteiger partial charge in [-0.1, -0.05) is 24.3 Å². The minimum absolute atomic E-state index is 0.120. The average Bonchev–Trinajstić information content (AvgIpc) is 2.84. The maximum atomic E-state index is 13.1. The van der Waals surface area contributed by atoms with E-state index in [2.05, 4.69) is 0 Å². The first-order valence-electron chi connectivity index (χ1n) is 6.72. The first-order valence-corrected chi connectivity index (χ1v) is 6.72. The van der Waals surface area contributed by atoms with Gasteiger partial charge in [0, 0.05) is 5.92 Å². The number of fused-ring (bicyclic) bond motifs is 1. The SMILES string of the molecule is Nc1cccc(C2CCc3c2cccc3C(F)(F)F)c1N. The third-order valence-electron chi connectivity index (χ3n) is 4.13. The van der Waals surface area contributed by atoms with E-state index in [0.717, 1.165) is 11.6 Å². The van der Waals surface area contributed by atoms with Gasteiger partial charge in [0.2, 0.25) is 0 Å². The Hall–Kier alpha value is -2.17. The molecule has 1 atom stereocenters. The van der Waals surface area contributed by atoms with Crippen molar-refractivity contribution in [1.82, 2.24) is 0 Å². The highest BCUT2D eigenvalue weighted by Gasteiger charge is 2.37. The van der Waals surface area contributed by atoms with E-state index in [-0.39, 0.29) is 5.92 Å². The fraction of sp³-hybridized carbons (Fsp3) is 0.250. The van der Waals surface area contributed by atoms with Crippen molar-refractivity contribution in [2.75, 3.05) is 11.5 Å². The Morgan fingerprint density at radius 2 is 1.62 bits per heavy atom. The monoisotopic (exact) mass is 292 g/mol. The van der Waals surface area contributed by atoms with Crippen molar-refractivity contribution in [3.8, 4) is 0 Å². The lowest BCUT2D eigenvalue weighted by atomic mass is 9.90. The van der Waals surface area contributed by atoms with Gasteiger partial charge in [0.25, 0.3) is 0 Å². The van der Waals surface area contributed by atoms with Crippen molar-refractivity contribution in [2.45, 2.75) is 24.9 Å². The lowest BCUT2D eigenvalue weighted by Crippen LogP contribution is -2.09. The van der Waals surface area contributed by atoms with Crippen molar-refractivity contribution in [2.24, 2.45) is 0 Å². The molecule has 0 aromatic heterocycles. The maximum absolute atomic E-state index is 13.1. The van der Waals surface area contributed by atoms with Crippen molar-refractivity contribution >= 4 is 11.4 Å². The summed E-state index contributed by atoms with van der Waals surface area (Å²) in [5.41, 5.74) is 14.1. The first-order chi connectivity index (χ1) is 9.89. The van der Waals surface area contributed by atoms with Crippen molar-refractivity contribution in [3.05, 3.63) is 58.7 Å². The summed E-state index contributed by atoms with van der Waals surface area (Å²) in [5.74, 6) is -0.120. The van der Waals surface area contributed by atoms with Crippen LogP contribution in [0.4, 0.5) is 24.5 Å². The molecule has 0 bridgehead atoms. The van der Waals surface area contributed by atoms with Gasteiger partial charge in [-0.3, -0.25) is 0 Å². The van der Waals surface area contributed by atoms with E-state index in [0.29, 0.717) is 35.3 Å². The van der Waals surface area contributed by atoms with Gasteiger partial charge < -0.3 is 11.5 Å². The van der Waals surface area contributed by atoms with Gasteiger partial charge in [-0.15, -0.1) is 0 Å². The molecule has 0 spiro atoms. The standard InChI is InChI=1S/C16H15F3N2/c17-16(18,19)13-5-1-3-9-10(7-8-11(9)13)12-4-2-6-14(20)15(12)21/h1-6,10H,7-8,20-21H2. The number of anilines is 2. The third-order valence-corrected chi connectivity index (χ3v) is 4.13. The summed E-state index contributed by atoms with van der Waals surface area (Å²) in [5, 5.41) is 0. The molecule has 0 saturated carbocycles. The molecule has 0 aliphatic heterocycles. The zero-order chi connectivity index (χ0) is 15.2. The molecule has 21 heavy (non-hydrogen) atoms. The summed E-state index contributed by atoms with van der Waals surface area (Å²) >= 11 is 0. The fourth-order valence-electron chi connectivity index (χ4n) is 3.15. The van der Waals surface area contributed by atoms with Gasteiger partial charge in [-0.05, 0) is 41.7 Å². The van der Waals surface area contributed by atoms with Gasteiger partial charge in [0.05, 0.1) is 16.9 Å². The van der Waals surface area contributed by atoms with E-state index >= 15 is 0 Å². The molecule has 3 rings (SSSR count). The van der Waals surface area contributed by atoms with Crippen molar-refractivity contribution in [1.29, 1.82) is 0 Å². The molecular weight excluding hydrogens is 277 g/mol. The van der Waals surface area contributed by atoms with Crippen molar-refractivity contribution < 1.29 is 13.2 Å². The predicted octanol–water partition coefficient (Wildman–Crippen LogP) is 3.95. The largest absolute Gasteiger partial charge is 0.416 e. The number of alkyl halides is 3. The van der Waals surface area contributed by atoms with Crippen LogP contribution in [0.25, 0.3) is 0 Å². The molecule has 0 radical (unpaired) electrons. The van der Waals surface area contributed by atoms with E-state index in [1.165, 1.54) is 6.07 Å². The number of nitrogen functional groups attached to an aromatic ring is 2. The molecule has 2 aromatic carbocycles. The number of benzene rings is 2. The number of hydrogen-bond acceptors (Lipinski definition) is 2. The maximum Gasteiger partial charge on any atom is 0.416 e. The minimum atomic E-state index is -4.32. The van der Waals surface area contributed by atoms with Crippen LogP contribution in [0, 0.1) is 0 Å². The van der Waals surface area contributed by atoms with E-state index in [9.17, 15) is 13.2 Å². The van der Waals surface area contributed by atoms with Crippen LogP contribution < -0.4 is 11.5 Å². The van der Waals surface area contributed by atoms with Crippen LogP contribution >= 0.6 is 0 Å². The Kier molecular flexibility index (Phi) is 3.08. The molecule has 4 N–H and O–H groups in total. The van der Waals surface area contributed by atoms with Gasteiger partial charge in [0.1, 0.15) is 0 Å².